The number of hydrogen-bond acceptors (Lipinski definition) is 3. The summed E-state index contributed by atoms with van der Waals surface area (Å²) in [6.45, 7) is 2.13. The Morgan fingerprint density at radius 1 is 1.15 bits per heavy atom. The van der Waals surface area contributed by atoms with E-state index in [1.165, 1.54) is 12.8 Å². The third-order valence-electron chi connectivity index (χ3n) is 4.30. The van der Waals surface area contributed by atoms with E-state index in [4.69, 9.17) is 0 Å². The van der Waals surface area contributed by atoms with Crippen LogP contribution in [0.3, 0.4) is 0 Å². The van der Waals surface area contributed by atoms with Crippen molar-refractivity contribution in [3.8, 4) is 0 Å². The highest BCUT2D eigenvalue weighted by molar-refractivity contribution is 5.82. The van der Waals surface area contributed by atoms with Crippen LogP contribution in [0.15, 0.2) is 30.3 Å². The first-order valence-corrected chi connectivity index (χ1v) is 7.51. The fraction of sp³-hybridized carbons (Fsp3) is 0.562. The molecule has 1 aliphatic heterocycles. The number of nitrogens with zero attached hydrogens (tertiary/aromatic N) is 1. The van der Waals surface area contributed by atoms with Gasteiger partial charge >= 0.3 is 0 Å². The van der Waals surface area contributed by atoms with Gasteiger partial charge in [0.15, 0.2) is 6.10 Å². The smallest absolute Gasteiger partial charge is 0.253 e. The summed E-state index contributed by atoms with van der Waals surface area (Å²) in [5.74, 6) is -0.277. The highest BCUT2D eigenvalue weighted by Gasteiger charge is 2.32. The van der Waals surface area contributed by atoms with E-state index < -0.39 is 6.10 Å². The second kappa shape index (κ2) is 5.94. The maximum absolute atomic E-state index is 12.1. The minimum atomic E-state index is -1.06. The Hall–Kier alpha value is -1.39. The van der Waals surface area contributed by atoms with Crippen molar-refractivity contribution in [1.82, 2.24) is 10.2 Å². The highest BCUT2D eigenvalue weighted by atomic mass is 16.3. The van der Waals surface area contributed by atoms with Gasteiger partial charge in [-0.15, -0.1) is 0 Å². The molecule has 0 spiro atoms. The van der Waals surface area contributed by atoms with E-state index in [1.54, 1.807) is 12.1 Å². The number of aliphatic hydroxyl groups excluding tert-OH is 1. The summed E-state index contributed by atoms with van der Waals surface area (Å²) in [7, 11) is 0. The number of aliphatic hydroxyl groups is 1. The van der Waals surface area contributed by atoms with Gasteiger partial charge in [-0.1, -0.05) is 30.3 Å². The summed E-state index contributed by atoms with van der Waals surface area (Å²) in [5.41, 5.74) is 0.653. The lowest BCUT2D eigenvalue weighted by Gasteiger charge is -2.32. The predicted molar refractivity (Wildman–Crippen MR) is 77.2 cm³/mol. The lowest BCUT2D eigenvalue weighted by molar-refractivity contribution is -0.130. The first kappa shape index (κ1) is 13.6. The van der Waals surface area contributed by atoms with Gasteiger partial charge in [0.2, 0.25) is 0 Å². The third-order valence-corrected chi connectivity index (χ3v) is 4.30. The molecule has 1 atom stereocenters. The molecule has 3 rings (SSSR count). The van der Waals surface area contributed by atoms with E-state index in [0.29, 0.717) is 5.56 Å². The molecular weight excluding hydrogens is 252 g/mol. The number of nitrogens with one attached hydrogen (secondary N) is 1. The minimum absolute atomic E-state index is 0.205. The fourth-order valence-electron chi connectivity index (χ4n) is 2.92. The summed E-state index contributed by atoms with van der Waals surface area (Å²) in [4.78, 5) is 14.6. The van der Waals surface area contributed by atoms with Gasteiger partial charge in [-0.05, 0) is 31.2 Å². The Labute approximate surface area is 119 Å². The third kappa shape index (κ3) is 3.19. The average molecular weight is 274 g/mol. The van der Waals surface area contributed by atoms with Crippen molar-refractivity contribution in [1.29, 1.82) is 0 Å². The van der Waals surface area contributed by atoms with Gasteiger partial charge in [0.1, 0.15) is 0 Å². The molecule has 4 nitrogen and oxygen atoms in total. The molecule has 0 radical (unpaired) electrons. The molecule has 1 amide bonds. The summed E-state index contributed by atoms with van der Waals surface area (Å²) in [5, 5.41) is 13.0. The number of carbonyl (C=O) groups is 1. The van der Waals surface area contributed by atoms with Crippen LogP contribution in [-0.2, 0) is 4.79 Å². The van der Waals surface area contributed by atoms with Crippen molar-refractivity contribution >= 4 is 5.91 Å². The standard InChI is InChI=1S/C16H22N2O2/c19-15(12-4-2-1-3-5-12)16(20)17-13-8-10-18(11-9-13)14-6-7-14/h1-5,13-15,19H,6-11H2,(H,17,20). The zero-order valence-electron chi connectivity index (χ0n) is 11.7. The van der Waals surface area contributed by atoms with Gasteiger partial charge < -0.3 is 15.3 Å². The van der Waals surface area contributed by atoms with E-state index in [0.717, 1.165) is 32.0 Å². The van der Waals surface area contributed by atoms with E-state index in [2.05, 4.69) is 10.2 Å². The fourth-order valence-corrected chi connectivity index (χ4v) is 2.92. The number of hydrogen-bond donors (Lipinski definition) is 2. The zero-order chi connectivity index (χ0) is 13.9. The molecule has 20 heavy (non-hydrogen) atoms. The van der Waals surface area contributed by atoms with Gasteiger partial charge in [0, 0.05) is 25.2 Å². The molecule has 4 heteroatoms. The van der Waals surface area contributed by atoms with E-state index >= 15 is 0 Å². The van der Waals surface area contributed by atoms with Gasteiger partial charge in [0.05, 0.1) is 0 Å². The van der Waals surface area contributed by atoms with E-state index in [-0.39, 0.29) is 11.9 Å². The maximum Gasteiger partial charge on any atom is 0.253 e. The molecule has 1 saturated carbocycles. The van der Waals surface area contributed by atoms with Gasteiger partial charge in [0.25, 0.3) is 5.91 Å². The number of carbonyl (C=O) groups excluding carboxylic acids is 1. The number of likely N-dealkylation sites (tertiary alicyclic amines) is 1. The first-order chi connectivity index (χ1) is 9.74. The van der Waals surface area contributed by atoms with Crippen LogP contribution in [0.2, 0.25) is 0 Å². The Morgan fingerprint density at radius 3 is 2.40 bits per heavy atom. The normalized spacial score (nSPS) is 22.4. The molecule has 2 aliphatic rings. The van der Waals surface area contributed by atoms with Crippen LogP contribution >= 0.6 is 0 Å². The van der Waals surface area contributed by atoms with Crippen molar-refractivity contribution in [2.24, 2.45) is 0 Å². The molecule has 0 aromatic heterocycles. The average Bonchev–Trinajstić information content (AvgIpc) is 3.33. The lowest BCUT2D eigenvalue weighted by atomic mass is 10.0. The minimum Gasteiger partial charge on any atom is -0.378 e. The second-order valence-electron chi connectivity index (χ2n) is 5.86. The second-order valence-corrected chi connectivity index (χ2v) is 5.86. The van der Waals surface area contributed by atoms with Crippen LogP contribution < -0.4 is 5.32 Å². The Morgan fingerprint density at radius 2 is 1.80 bits per heavy atom. The molecule has 1 saturated heterocycles. The number of benzene rings is 1. The van der Waals surface area contributed by atoms with Crippen LogP contribution in [-0.4, -0.2) is 41.1 Å². The van der Waals surface area contributed by atoms with Crippen molar-refractivity contribution in [3.05, 3.63) is 35.9 Å². The van der Waals surface area contributed by atoms with Crippen LogP contribution in [0.1, 0.15) is 37.4 Å². The quantitative estimate of drug-likeness (QED) is 0.874. The molecule has 1 heterocycles. The molecule has 1 aliphatic carbocycles. The van der Waals surface area contributed by atoms with Gasteiger partial charge in [-0.2, -0.15) is 0 Å². The predicted octanol–water partition coefficient (Wildman–Crippen LogP) is 1.46. The van der Waals surface area contributed by atoms with Crippen molar-refractivity contribution < 1.29 is 9.90 Å². The number of amides is 1. The van der Waals surface area contributed by atoms with Crippen molar-refractivity contribution in [2.45, 2.75) is 43.9 Å². The molecule has 0 bridgehead atoms. The molecular formula is C16H22N2O2. The maximum atomic E-state index is 12.1. The zero-order valence-corrected chi connectivity index (χ0v) is 11.7. The van der Waals surface area contributed by atoms with Gasteiger partial charge in [-0.25, -0.2) is 0 Å². The number of piperidine rings is 1. The number of rotatable bonds is 4. The monoisotopic (exact) mass is 274 g/mol. The van der Waals surface area contributed by atoms with Crippen LogP contribution in [0.25, 0.3) is 0 Å². The highest BCUT2D eigenvalue weighted by Crippen LogP contribution is 2.29. The molecule has 108 valence electrons. The van der Waals surface area contributed by atoms with Crippen molar-refractivity contribution in [2.75, 3.05) is 13.1 Å². The molecule has 1 unspecified atom stereocenters. The molecule has 2 fully saturated rings. The van der Waals surface area contributed by atoms with Crippen LogP contribution in [0.4, 0.5) is 0 Å². The summed E-state index contributed by atoms with van der Waals surface area (Å²) < 4.78 is 0. The Kier molecular flexibility index (Phi) is 4.03. The topological polar surface area (TPSA) is 52.6 Å². The molecule has 1 aromatic rings. The first-order valence-electron chi connectivity index (χ1n) is 7.51. The van der Waals surface area contributed by atoms with E-state index in [1.807, 2.05) is 18.2 Å². The summed E-state index contributed by atoms with van der Waals surface area (Å²) in [6.07, 6.45) is 3.60. The van der Waals surface area contributed by atoms with Crippen LogP contribution in [0.5, 0.6) is 0 Å². The SMILES string of the molecule is O=C(NC1CCN(C2CC2)CC1)C(O)c1ccccc1. The largest absolute Gasteiger partial charge is 0.378 e. The van der Waals surface area contributed by atoms with Gasteiger partial charge in [-0.3, -0.25) is 4.79 Å². The van der Waals surface area contributed by atoms with Crippen LogP contribution in [0, 0.1) is 0 Å². The lowest BCUT2D eigenvalue weighted by Crippen LogP contribution is -2.46. The van der Waals surface area contributed by atoms with E-state index in [9.17, 15) is 9.90 Å². The summed E-state index contributed by atoms with van der Waals surface area (Å²) >= 11 is 0. The summed E-state index contributed by atoms with van der Waals surface area (Å²) in [6, 6.07) is 10.1. The van der Waals surface area contributed by atoms with Crippen molar-refractivity contribution in [3.63, 3.8) is 0 Å². The molecule has 2 N–H and O–H groups in total. The Balaban J connectivity index is 1.49. The molecule has 1 aromatic carbocycles. The Bertz CT molecular complexity index is 451.